The van der Waals surface area contributed by atoms with E-state index in [4.69, 9.17) is 0 Å². The summed E-state index contributed by atoms with van der Waals surface area (Å²) in [4.78, 5) is 21.6. The number of hydrogen-bond acceptors (Lipinski definition) is 3. The second-order valence-electron chi connectivity index (χ2n) is 3.07. The first-order valence-electron chi connectivity index (χ1n) is 4.33. The molecule has 0 saturated heterocycles. The van der Waals surface area contributed by atoms with Crippen LogP contribution in [0.3, 0.4) is 0 Å². The van der Waals surface area contributed by atoms with Crippen LogP contribution in [-0.2, 0) is 9.59 Å². The number of amides is 1. The minimum atomic E-state index is -1.24. The van der Waals surface area contributed by atoms with E-state index in [1.54, 1.807) is 6.92 Å². The molecule has 0 fully saturated rings. The minimum absolute atomic E-state index is 0.359. The molecule has 0 saturated carbocycles. The van der Waals surface area contributed by atoms with Crippen LogP contribution in [0.15, 0.2) is 0 Å². The molecule has 0 heterocycles. The van der Waals surface area contributed by atoms with Gasteiger partial charge < -0.3 is 21.0 Å². The summed E-state index contributed by atoms with van der Waals surface area (Å²) in [5, 5.41) is 12.9. The van der Waals surface area contributed by atoms with Gasteiger partial charge in [-0.05, 0) is 13.3 Å². The van der Waals surface area contributed by atoms with Crippen LogP contribution in [-0.4, -0.2) is 24.0 Å². The summed E-state index contributed by atoms with van der Waals surface area (Å²) in [5.74, 6) is -1.60. The summed E-state index contributed by atoms with van der Waals surface area (Å²) in [6.07, 6.45) is 1.07. The molecule has 5 nitrogen and oxygen atoms in total. The van der Waals surface area contributed by atoms with Crippen molar-refractivity contribution < 1.29 is 20.4 Å². The van der Waals surface area contributed by atoms with E-state index in [0.717, 1.165) is 0 Å². The van der Waals surface area contributed by atoms with Crippen LogP contribution in [0.4, 0.5) is 0 Å². The molecule has 0 aromatic heterocycles. The number of aliphatic carboxylic acids is 1. The molecule has 0 radical (unpaired) electrons. The fourth-order valence-electron chi connectivity index (χ4n) is 0.852. The summed E-state index contributed by atoms with van der Waals surface area (Å²) in [5.41, 5.74) is 3.49. The maximum Gasteiger partial charge on any atom is 0.278 e. The molecule has 0 unspecified atom stereocenters. The summed E-state index contributed by atoms with van der Waals surface area (Å²) >= 11 is 0. The number of rotatable bonds is 5. The first-order valence-corrected chi connectivity index (χ1v) is 4.33. The lowest BCUT2D eigenvalue weighted by molar-refractivity contribution is -0.398. The Labute approximate surface area is 77.3 Å². The number of carboxylic acid groups (broad SMARTS) is 1. The Bertz CT molecular complexity index is 192. The van der Waals surface area contributed by atoms with E-state index in [1.807, 2.05) is 6.92 Å². The predicted octanol–water partition coefficient (Wildman–Crippen LogP) is -2.35. The zero-order chi connectivity index (χ0) is 10.4. The molecule has 0 aliphatic rings. The van der Waals surface area contributed by atoms with Crippen molar-refractivity contribution in [1.29, 1.82) is 0 Å². The Morgan fingerprint density at radius 2 is 2.08 bits per heavy atom. The monoisotopic (exact) mass is 188 g/mol. The molecular formula is C8H16N2O3. The molecule has 0 aliphatic carbocycles. The summed E-state index contributed by atoms with van der Waals surface area (Å²) in [7, 11) is 0. The average molecular weight is 188 g/mol. The Balaban J connectivity index is 4.10. The summed E-state index contributed by atoms with van der Waals surface area (Å²) in [6, 6.07) is -1.33. The number of carbonyl (C=O) groups is 2. The third-order valence-corrected chi connectivity index (χ3v) is 1.63. The Morgan fingerprint density at radius 3 is 2.38 bits per heavy atom. The quantitative estimate of drug-likeness (QED) is 0.505. The Kier molecular flexibility index (Phi) is 5.06. The first-order chi connectivity index (χ1) is 5.99. The fourth-order valence-corrected chi connectivity index (χ4v) is 0.852. The molecule has 5 heteroatoms. The van der Waals surface area contributed by atoms with Crippen molar-refractivity contribution in [1.82, 2.24) is 5.32 Å². The molecule has 0 aliphatic heterocycles. The molecule has 13 heavy (non-hydrogen) atoms. The van der Waals surface area contributed by atoms with Crippen molar-refractivity contribution in [3.63, 3.8) is 0 Å². The SMILES string of the molecule is CCC[C@@H](NC(=O)[C@@H](C)[NH3+])C(=O)[O-]. The lowest BCUT2D eigenvalue weighted by atomic mass is 10.1. The van der Waals surface area contributed by atoms with Crippen molar-refractivity contribution >= 4 is 11.9 Å². The van der Waals surface area contributed by atoms with E-state index < -0.39 is 18.1 Å². The van der Waals surface area contributed by atoms with Gasteiger partial charge in [0.25, 0.3) is 5.91 Å². The molecule has 0 bridgehead atoms. The van der Waals surface area contributed by atoms with Gasteiger partial charge in [-0.25, -0.2) is 0 Å². The van der Waals surface area contributed by atoms with Crippen LogP contribution < -0.4 is 16.2 Å². The second-order valence-corrected chi connectivity index (χ2v) is 3.07. The van der Waals surface area contributed by atoms with Gasteiger partial charge in [-0.2, -0.15) is 0 Å². The van der Waals surface area contributed by atoms with Crippen molar-refractivity contribution in [3.05, 3.63) is 0 Å². The normalized spacial score (nSPS) is 14.7. The molecule has 0 aromatic carbocycles. The Morgan fingerprint density at radius 1 is 1.54 bits per heavy atom. The predicted molar refractivity (Wildman–Crippen MR) is 44.2 cm³/mol. The van der Waals surface area contributed by atoms with Crippen LogP contribution in [0, 0.1) is 0 Å². The number of carbonyl (C=O) groups excluding carboxylic acids is 2. The average Bonchev–Trinajstić information content (AvgIpc) is 2.03. The van der Waals surface area contributed by atoms with Gasteiger partial charge in [-0.15, -0.1) is 0 Å². The van der Waals surface area contributed by atoms with E-state index >= 15 is 0 Å². The van der Waals surface area contributed by atoms with Crippen molar-refractivity contribution in [2.45, 2.75) is 38.8 Å². The minimum Gasteiger partial charge on any atom is -0.548 e. The maximum absolute atomic E-state index is 11.1. The highest BCUT2D eigenvalue weighted by Gasteiger charge is 2.16. The number of hydrogen-bond donors (Lipinski definition) is 2. The lowest BCUT2D eigenvalue weighted by Gasteiger charge is -2.19. The standard InChI is InChI=1S/C8H16N2O3/c1-3-4-6(8(12)13)10-7(11)5(2)9/h5-6H,3-4,9H2,1-2H3,(H,10,11)(H,12,13)/t5-,6-/m1/s1. The van der Waals surface area contributed by atoms with Crippen LogP contribution in [0.1, 0.15) is 26.7 Å². The van der Waals surface area contributed by atoms with E-state index in [0.29, 0.717) is 12.8 Å². The van der Waals surface area contributed by atoms with E-state index in [9.17, 15) is 14.7 Å². The van der Waals surface area contributed by atoms with E-state index in [1.165, 1.54) is 0 Å². The van der Waals surface area contributed by atoms with Gasteiger partial charge in [0.2, 0.25) is 0 Å². The van der Waals surface area contributed by atoms with Gasteiger partial charge in [-0.3, -0.25) is 4.79 Å². The van der Waals surface area contributed by atoms with Crippen molar-refractivity contribution in [3.8, 4) is 0 Å². The molecule has 4 N–H and O–H groups in total. The highest BCUT2D eigenvalue weighted by atomic mass is 16.4. The number of quaternary nitrogens is 1. The van der Waals surface area contributed by atoms with E-state index in [2.05, 4.69) is 11.1 Å². The molecular weight excluding hydrogens is 172 g/mol. The third kappa shape index (κ3) is 4.47. The molecule has 1 amide bonds. The molecule has 0 aromatic rings. The highest BCUT2D eigenvalue weighted by molar-refractivity contribution is 5.84. The van der Waals surface area contributed by atoms with Crippen LogP contribution in [0.25, 0.3) is 0 Å². The molecule has 76 valence electrons. The zero-order valence-corrected chi connectivity index (χ0v) is 8.00. The van der Waals surface area contributed by atoms with Gasteiger partial charge >= 0.3 is 0 Å². The second kappa shape index (κ2) is 5.53. The molecule has 0 rings (SSSR count). The molecule has 2 atom stereocenters. The zero-order valence-electron chi connectivity index (χ0n) is 8.00. The smallest absolute Gasteiger partial charge is 0.278 e. The maximum atomic E-state index is 11.1. The number of carboxylic acids is 1. The third-order valence-electron chi connectivity index (χ3n) is 1.63. The van der Waals surface area contributed by atoms with Crippen molar-refractivity contribution in [2.75, 3.05) is 0 Å². The van der Waals surface area contributed by atoms with Crippen LogP contribution in [0.5, 0.6) is 0 Å². The largest absolute Gasteiger partial charge is 0.548 e. The van der Waals surface area contributed by atoms with Crippen LogP contribution >= 0.6 is 0 Å². The van der Waals surface area contributed by atoms with Crippen molar-refractivity contribution in [2.24, 2.45) is 0 Å². The topological polar surface area (TPSA) is 96.9 Å². The fraction of sp³-hybridized carbons (Fsp3) is 0.750. The highest BCUT2D eigenvalue weighted by Crippen LogP contribution is 1.95. The number of nitrogens with one attached hydrogen (secondary N) is 1. The van der Waals surface area contributed by atoms with Crippen LogP contribution in [0.2, 0.25) is 0 Å². The van der Waals surface area contributed by atoms with Gasteiger partial charge in [0.05, 0.1) is 12.0 Å². The Hall–Kier alpha value is -1.10. The van der Waals surface area contributed by atoms with Gasteiger partial charge in [0.15, 0.2) is 6.04 Å². The lowest BCUT2D eigenvalue weighted by Crippen LogP contribution is -2.67. The van der Waals surface area contributed by atoms with Gasteiger partial charge in [0.1, 0.15) is 0 Å². The first kappa shape index (κ1) is 11.9. The summed E-state index contributed by atoms with van der Waals surface area (Å²) < 4.78 is 0. The van der Waals surface area contributed by atoms with E-state index in [-0.39, 0.29) is 5.91 Å². The van der Waals surface area contributed by atoms with Gasteiger partial charge in [-0.1, -0.05) is 13.3 Å². The molecule has 0 spiro atoms. The van der Waals surface area contributed by atoms with Gasteiger partial charge in [0, 0.05) is 0 Å². The summed E-state index contributed by atoms with van der Waals surface area (Å²) in [6.45, 7) is 3.45.